The number of amides is 3. The molecule has 1 N–H and O–H groups in total. The molecule has 0 saturated carbocycles. The Bertz CT molecular complexity index is 698. The minimum Gasteiger partial charge on any atom is -0.508 e. The molecule has 2 aliphatic rings. The Morgan fingerprint density at radius 3 is 2.52 bits per heavy atom. The molecular weight excluding hydrogens is 346 g/mol. The summed E-state index contributed by atoms with van der Waals surface area (Å²) in [7, 11) is 1.60. The summed E-state index contributed by atoms with van der Waals surface area (Å²) in [5.74, 6) is 0.187. The van der Waals surface area contributed by atoms with Crippen molar-refractivity contribution in [2.24, 2.45) is 0 Å². The molecule has 1 aromatic rings. The van der Waals surface area contributed by atoms with Gasteiger partial charge in [0.15, 0.2) is 0 Å². The zero-order valence-corrected chi connectivity index (χ0v) is 16.4. The summed E-state index contributed by atoms with van der Waals surface area (Å²) in [6.45, 7) is 6.77. The van der Waals surface area contributed by atoms with E-state index in [1.165, 1.54) is 4.90 Å². The highest BCUT2D eigenvalue weighted by Gasteiger charge is 2.58. The van der Waals surface area contributed by atoms with E-state index in [0.29, 0.717) is 26.0 Å². The molecule has 7 heteroatoms. The van der Waals surface area contributed by atoms with Crippen LogP contribution < -0.4 is 0 Å². The number of hydrogen-bond donors (Lipinski definition) is 1. The van der Waals surface area contributed by atoms with Gasteiger partial charge in [-0.05, 0) is 44.4 Å². The highest BCUT2D eigenvalue weighted by molar-refractivity contribution is 6.07. The lowest BCUT2D eigenvalue weighted by Crippen LogP contribution is -2.57. The van der Waals surface area contributed by atoms with E-state index in [1.54, 1.807) is 24.1 Å². The number of phenolic OH excluding ortho intramolecular Hbond substituents is 1. The zero-order valence-electron chi connectivity index (χ0n) is 16.4. The molecule has 2 heterocycles. The SMILES string of the molecule is COCCN1C(=O)N(C(C)C)C(=O)C12CCN(Cc1cccc(O)c1)CC2. The van der Waals surface area contributed by atoms with Gasteiger partial charge < -0.3 is 14.7 Å². The van der Waals surface area contributed by atoms with Crippen molar-refractivity contribution >= 4 is 11.9 Å². The normalized spacial score (nSPS) is 20.3. The quantitative estimate of drug-likeness (QED) is 0.771. The molecule has 3 amide bonds. The van der Waals surface area contributed by atoms with Gasteiger partial charge in [0.2, 0.25) is 0 Å². The average Bonchev–Trinajstić information content (AvgIpc) is 2.82. The van der Waals surface area contributed by atoms with Crippen LogP contribution in [0, 0.1) is 0 Å². The van der Waals surface area contributed by atoms with Gasteiger partial charge in [-0.15, -0.1) is 0 Å². The second kappa shape index (κ2) is 7.86. The number of ether oxygens (including phenoxy) is 1. The van der Waals surface area contributed by atoms with Gasteiger partial charge in [-0.3, -0.25) is 14.6 Å². The predicted molar refractivity (Wildman–Crippen MR) is 101 cm³/mol. The summed E-state index contributed by atoms with van der Waals surface area (Å²) < 4.78 is 5.17. The lowest BCUT2D eigenvalue weighted by atomic mass is 9.85. The first-order chi connectivity index (χ1) is 12.9. The first kappa shape index (κ1) is 19.6. The molecule has 148 valence electrons. The number of piperidine rings is 1. The fourth-order valence-corrected chi connectivity index (χ4v) is 4.17. The molecular formula is C20H29N3O4. The van der Waals surface area contributed by atoms with Crippen LogP contribution in [0.15, 0.2) is 24.3 Å². The number of methoxy groups -OCH3 is 1. The van der Waals surface area contributed by atoms with Crippen molar-refractivity contribution in [1.82, 2.24) is 14.7 Å². The van der Waals surface area contributed by atoms with Crippen molar-refractivity contribution < 1.29 is 19.4 Å². The van der Waals surface area contributed by atoms with Crippen LogP contribution in [0.25, 0.3) is 0 Å². The molecule has 2 fully saturated rings. The van der Waals surface area contributed by atoms with E-state index in [4.69, 9.17) is 4.74 Å². The summed E-state index contributed by atoms with van der Waals surface area (Å²) in [5.41, 5.74) is 0.287. The summed E-state index contributed by atoms with van der Waals surface area (Å²) in [6, 6.07) is 6.89. The second-order valence-corrected chi connectivity index (χ2v) is 7.67. The van der Waals surface area contributed by atoms with Gasteiger partial charge in [0.05, 0.1) is 6.61 Å². The fraction of sp³-hybridized carbons (Fsp3) is 0.600. The number of hydrogen-bond acceptors (Lipinski definition) is 5. The lowest BCUT2D eigenvalue weighted by molar-refractivity contribution is -0.136. The number of benzene rings is 1. The van der Waals surface area contributed by atoms with Gasteiger partial charge in [-0.1, -0.05) is 12.1 Å². The van der Waals surface area contributed by atoms with Gasteiger partial charge in [-0.2, -0.15) is 0 Å². The summed E-state index contributed by atoms with van der Waals surface area (Å²) in [5, 5.41) is 9.65. The van der Waals surface area contributed by atoms with Crippen molar-refractivity contribution in [3.05, 3.63) is 29.8 Å². The maximum absolute atomic E-state index is 13.2. The molecule has 0 unspecified atom stereocenters. The van der Waals surface area contributed by atoms with Crippen LogP contribution in [-0.2, 0) is 16.1 Å². The molecule has 0 atom stereocenters. The van der Waals surface area contributed by atoms with Crippen molar-refractivity contribution in [1.29, 1.82) is 0 Å². The highest BCUT2D eigenvalue weighted by atomic mass is 16.5. The third-order valence-corrected chi connectivity index (χ3v) is 5.61. The van der Waals surface area contributed by atoms with Crippen LogP contribution in [0.5, 0.6) is 5.75 Å². The zero-order chi connectivity index (χ0) is 19.6. The second-order valence-electron chi connectivity index (χ2n) is 7.67. The third-order valence-electron chi connectivity index (χ3n) is 5.61. The smallest absolute Gasteiger partial charge is 0.327 e. The Kier molecular flexibility index (Phi) is 5.72. The molecule has 0 bridgehead atoms. The number of likely N-dealkylation sites (tertiary alicyclic amines) is 1. The molecule has 1 spiro atoms. The highest BCUT2D eigenvalue weighted by Crippen LogP contribution is 2.38. The molecule has 0 aromatic heterocycles. The molecule has 0 radical (unpaired) electrons. The Labute approximate surface area is 160 Å². The van der Waals surface area contributed by atoms with E-state index >= 15 is 0 Å². The Morgan fingerprint density at radius 2 is 1.93 bits per heavy atom. The van der Waals surface area contributed by atoms with E-state index in [2.05, 4.69) is 4.90 Å². The van der Waals surface area contributed by atoms with E-state index < -0.39 is 5.54 Å². The van der Waals surface area contributed by atoms with Gasteiger partial charge in [0, 0.05) is 39.3 Å². The number of rotatable bonds is 6. The van der Waals surface area contributed by atoms with Crippen LogP contribution >= 0.6 is 0 Å². The predicted octanol–water partition coefficient (Wildman–Crippen LogP) is 2.05. The van der Waals surface area contributed by atoms with Crippen LogP contribution in [-0.4, -0.2) is 76.7 Å². The Hall–Kier alpha value is -2.12. The number of imide groups is 1. The van der Waals surface area contributed by atoms with Crippen molar-refractivity contribution in [3.8, 4) is 5.75 Å². The maximum Gasteiger partial charge on any atom is 0.327 e. The van der Waals surface area contributed by atoms with Gasteiger partial charge in [-0.25, -0.2) is 4.79 Å². The molecule has 3 rings (SSSR count). The number of urea groups is 1. The topological polar surface area (TPSA) is 73.3 Å². The van der Waals surface area contributed by atoms with Crippen molar-refractivity contribution in [2.45, 2.75) is 44.8 Å². The minimum absolute atomic E-state index is 0.0735. The Morgan fingerprint density at radius 1 is 1.22 bits per heavy atom. The largest absolute Gasteiger partial charge is 0.508 e. The maximum atomic E-state index is 13.2. The summed E-state index contributed by atoms with van der Waals surface area (Å²) in [4.78, 5) is 31.5. The number of aromatic hydroxyl groups is 1. The third kappa shape index (κ3) is 3.66. The molecule has 27 heavy (non-hydrogen) atoms. The van der Waals surface area contributed by atoms with Gasteiger partial charge in [0.25, 0.3) is 5.91 Å². The molecule has 2 aliphatic heterocycles. The summed E-state index contributed by atoms with van der Waals surface area (Å²) >= 11 is 0. The Balaban J connectivity index is 1.74. The monoisotopic (exact) mass is 375 g/mol. The number of carbonyl (C=O) groups is 2. The first-order valence-corrected chi connectivity index (χ1v) is 9.53. The van der Waals surface area contributed by atoms with E-state index in [-0.39, 0.29) is 23.7 Å². The first-order valence-electron chi connectivity index (χ1n) is 9.53. The molecule has 0 aliphatic carbocycles. The fourth-order valence-electron chi connectivity index (χ4n) is 4.17. The number of carbonyl (C=O) groups excluding carboxylic acids is 2. The van der Waals surface area contributed by atoms with Crippen LogP contribution in [0.2, 0.25) is 0 Å². The van der Waals surface area contributed by atoms with Crippen molar-refractivity contribution in [3.63, 3.8) is 0 Å². The van der Waals surface area contributed by atoms with Crippen LogP contribution in [0.4, 0.5) is 4.79 Å². The van der Waals surface area contributed by atoms with Gasteiger partial charge in [0.1, 0.15) is 11.3 Å². The minimum atomic E-state index is -0.755. The van der Waals surface area contributed by atoms with E-state index in [9.17, 15) is 14.7 Å². The van der Waals surface area contributed by atoms with Crippen molar-refractivity contribution in [2.75, 3.05) is 33.4 Å². The van der Waals surface area contributed by atoms with Crippen LogP contribution in [0.3, 0.4) is 0 Å². The summed E-state index contributed by atoms with van der Waals surface area (Å²) in [6.07, 6.45) is 1.23. The van der Waals surface area contributed by atoms with E-state index in [0.717, 1.165) is 25.2 Å². The standard InChI is InChI=1S/C20H29N3O4/c1-15(2)23-18(25)20(22(19(23)26)11-12-27-3)7-9-21(10-8-20)14-16-5-4-6-17(24)13-16/h4-6,13,15,24H,7-12,14H2,1-3H3. The molecule has 2 saturated heterocycles. The molecule has 1 aromatic carbocycles. The van der Waals surface area contributed by atoms with Gasteiger partial charge >= 0.3 is 6.03 Å². The average molecular weight is 375 g/mol. The van der Waals surface area contributed by atoms with Crippen LogP contribution in [0.1, 0.15) is 32.3 Å². The number of nitrogens with zero attached hydrogens (tertiary/aromatic N) is 3. The van der Waals surface area contributed by atoms with E-state index in [1.807, 2.05) is 26.0 Å². The lowest BCUT2D eigenvalue weighted by Gasteiger charge is -2.42. The molecule has 7 nitrogen and oxygen atoms in total. The number of phenols is 1.